The third-order valence-corrected chi connectivity index (χ3v) is 3.51. The lowest BCUT2D eigenvalue weighted by Gasteiger charge is -2.26. The van der Waals surface area contributed by atoms with E-state index < -0.39 is 0 Å². The van der Waals surface area contributed by atoms with E-state index in [2.05, 4.69) is 17.6 Å². The van der Waals surface area contributed by atoms with Crippen LogP contribution in [0.3, 0.4) is 0 Å². The maximum Gasteiger partial charge on any atom is 0.0646 e. The Labute approximate surface area is 98.1 Å². The molecule has 2 saturated heterocycles. The molecule has 0 aromatic carbocycles. The fourth-order valence-electron chi connectivity index (χ4n) is 2.35. The molecule has 0 aromatic heterocycles. The fourth-order valence-corrected chi connectivity index (χ4v) is 2.35. The van der Waals surface area contributed by atoms with Crippen molar-refractivity contribution in [3.8, 4) is 0 Å². The molecule has 0 aromatic rings. The zero-order chi connectivity index (χ0) is 11.3. The van der Waals surface area contributed by atoms with Crippen molar-refractivity contribution < 1.29 is 9.47 Å². The van der Waals surface area contributed by atoms with E-state index in [0.29, 0.717) is 6.10 Å². The molecule has 2 aliphatic rings. The Morgan fingerprint density at radius 1 is 1.44 bits per heavy atom. The van der Waals surface area contributed by atoms with Crippen molar-refractivity contribution in [1.82, 2.24) is 10.6 Å². The lowest BCUT2D eigenvalue weighted by atomic mass is 10.0. The molecule has 0 amide bonds. The predicted molar refractivity (Wildman–Crippen MR) is 63.7 cm³/mol. The van der Waals surface area contributed by atoms with Gasteiger partial charge in [0.15, 0.2) is 0 Å². The second-order valence-corrected chi connectivity index (χ2v) is 5.11. The molecule has 16 heavy (non-hydrogen) atoms. The van der Waals surface area contributed by atoms with Gasteiger partial charge in [-0.3, -0.25) is 0 Å². The Hall–Kier alpha value is -0.160. The summed E-state index contributed by atoms with van der Waals surface area (Å²) in [5, 5.41) is 6.88. The molecule has 2 heterocycles. The van der Waals surface area contributed by atoms with Crippen LogP contribution in [0.1, 0.15) is 26.2 Å². The maximum atomic E-state index is 5.84. The summed E-state index contributed by atoms with van der Waals surface area (Å²) in [7, 11) is 0. The van der Waals surface area contributed by atoms with E-state index in [9.17, 15) is 0 Å². The predicted octanol–water partition coefficient (Wildman–Crippen LogP) is 0.524. The van der Waals surface area contributed by atoms with E-state index in [1.807, 2.05) is 0 Å². The summed E-state index contributed by atoms with van der Waals surface area (Å²) in [6, 6.07) is 0. The van der Waals surface area contributed by atoms with Gasteiger partial charge in [0, 0.05) is 18.7 Å². The van der Waals surface area contributed by atoms with Crippen molar-refractivity contribution in [3.63, 3.8) is 0 Å². The molecule has 2 aliphatic heterocycles. The summed E-state index contributed by atoms with van der Waals surface area (Å²) in [4.78, 5) is 0. The van der Waals surface area contributed by atoms with Gasteiger partial charge in [0.2, 0.25) is 0 Å². The van der Waals surface area contributed by atoms with E-state index in [4.69, 9.17) is 9.47 Å². The maximum absolute atomic E-state index is 5.84. The number of hydrogen-bond donors (Lipinski definition) is 2. The van der Waals surface area contributed by atoms with Gasteiger partial charge in [-0.1, -0.05) is 0 Å². The molecule has 2 fully saturated rings. The minimum atomic E-state index is 0.178. The third kappa shape index (κ3) is 3.70. The summed E-state index contributed by atoms with van der Waals surface area (Å²) in [5.41, 5.74) is 0.178. The number of hydrogen-bond acceptors (Lipinski definition) is 4. The number of rotatable bonds is 5. The first-order valence-electron chi connectivity index (χ1n) is 6.44. The Morgan fingerprint density at radius 3 is 2.94 bits per heavy atom. The minimum Gasteiger partial charge on any atom is -0.379 e. The van der Waals surface area contributed by atoms with Crippen LogP contribution in [0.25, 0.3) is 0 Å². The summed E-state index contributed by atoms with van der Waals surface area (Å²) in [5.74, 6) is 0. The summed E-state index contributed by atoms with van der Waals surface area (Å²) in [6.07, 6.45) is 3.89. The SMILES string of the molecule is CC1(NCCOC2CCNCC2)CCOC1. The molecule has 0 spiro atoms. The van der Waals surface area contributed by atoms with Gasteiger partial charge in [-0.25, -0.2) is 0 Å². The smallest absolute Gasteiger partial charge is 0.0646 e. The number of nitrogens with one attached hydrogen (secondary N) is 2. The van der Waals surface area contributed by atoms with Crippen molar-refractivity contribution in [1.29, 1.82) is 0 Å². The number of ether oxygens (including phenoxy) is 2. The molecule has 1 atom stereocenters. The van der Waals surface area contributed by atoms with Crippen LogP contribution in [0.2, 0.25) is 0 Å². The molecule has 0 saturated carbocycles. The van der Waals surface area contributed by atoms with Crippen LogP contribution in [-0.2, 0) is 9.47 Å². The molecule has 2 N–H and O–H groups in total. The number of piperidine rings is 1. The lowest BCUT2D eigenvalue weighted by molar-refractivity contribution is 0.0316. The molecule has 4 heteroatoms. The summed E-state index contributed by atoms with van der Waals surface area (Å²) in [6.45, 7) is 7.90. The van der Waals surface area contributed by atoms with Crippen molar-refractivity contribution in [2.24, 2.45) is 0 Å². The molecule has 2 rings (SSSR count). The highest BCUT2D eigenvalue weighted by Crippen LogP contribution is 2.16. The van der Waals surface area contributed by atoms with Crippen LogP contribution in [-0.4, -0.2) is 51.1 Å². The van der Waals surface area contributed by atoms with Gasteiger partial charge in [-0.05, 0) is 39.3 Å². The molecule has 0 bridgehead atoms. The van der Waals surface area contributed by atoms with Crippen molar-refractivity contribution in [2.45, 2.75) is 37.8 Å². The van der Waals surface area contributed by atoms with Gasteiger partial charge in [0.25, 0.3) is 0 Å². The van der Waals surface area contributed by atoms with Crippen LogP contribution >= 0.6 is 0 Å². The second kappa shape index (κ2) is 5.96. The van der Waals surface area contributed by atoms with Crippen molar-refractivity contribution in [2.75, 3.05) is 39.5 Å². The van der Waals surface area contributed by atoms with Gasteiger partial charge in [-0.2, -0.15) is 0 Å². The van der Waals surface area contributed by atoms with Crippen LogP contribution < -0.4 is 10.6 Å². The normalized spacial score (nSPS) is 32.1. The Balaban J connectivity index is 1.54. The van der Waals surface area contributed by atoms with E-state index in [0.717, 1.165) is 58.7 Å². The van der Waals surface area contributed by atoms with Gasteiger partial charge >= 0.3 is 0 Å². The zero-order valence-corrected chi connectivity index (χ0v) is 10.3. The standard InChI is InChI=1S/C12H24N2O2/c1-12(4-8-15-10-12)14-7-9-16-11-2-5-13-6-3-11/h11,13-14H,2-10H2,1H3. The molecule has 0 aliphatic carbocycles. The molecule has 4 nitrogen and oxygen atoms in total. The monoisotopic (exact) mass is 228 g/mol. The minimum absolute atomic E-state index is 0.178. The van der Waals surface area contributed by atoms with Gasteiger partial charge < -0.3 is 20.1 Å². The van der Waals surface area contributed by atoms with Crippen molar-refractivity contribution >= 4 is 0 Å². The highest BCUT2D eigenvalue weighted by molar-refractivity contribution is 4.86. The van der Waals surface area contributed by atoms with Crippen LogP contribution in [0, 0.1) is 0 Å². The quantitative estimate of drug-likeness (QED) is 0.673. The Morgan fingerprint density at radius 2 is 2.25 bits per heavy atom. The zero-order valence-electron chi connectivity index (χ0n) is 10.3. The van der Waals surface area contributed by atoms with E-state index in [-0.39, 0.29) is 5.54 Å². The highest BCUT2D eigenvalue weighted by Gasteiger charge is 2.28. The Bertz CT molecular complexity index is 199. The van der Waals surface area contributed by atoms with Crippen LogP contribution in [0.4, 0.5) is 0 Å². The summed E-state index contributed by atoms with van der Waals surface area (Å²) >= 11 is 0. The average molecular weight is 228 g/mol. The van der Waals surface area contributed by atoms with E-state index in [1.165, 1.54) is 0 Å². The summed E-state index contributed by atoms with van der Waals surface area (Å²) < 4.78 is 11.2. The first-order valence-corrected chi connectivity index (χ1v) is 6.44. The lowest BCUT2D eigenvalue weighted by Crippen LogP contribution is -2.44. The first-order chi connectivity index (χ1) is 7.79. The van der Waals surface area contributed by atoms with Gasteiger partial charge in [0.05, 0.1) is 19.3 Å². The van der Waals surface area contributed by atoms with Crippen LogP contribution in [0.15, 0.2) is 0 Å². The highest BCUT2D eigenvalue weighted by atomic mass is 16.5. The first kappa shape index (κ1) is 12.3. The molecule has 94 valence electrons. The molecular weight excluding hydrogens is 204 g/mol. The molecular formula is C12H24N2O2. The largest absolute Gasteiger partial charge is 0.379 e. The molecule has 1 unspecified atom stereocenters. The average Bonchev–Trinajstić information content (AvgIpc) is 2.74. The van der Waals surface area contributed by atoms with Crippen LogP contribution in [0.5, 0.6) is 0 Å². The molecule has 0 radical (unpaired) electrons. The topological polar surface area (TPSA) is 42.5 Å². The van der Waals surface area contributed by atoms with E-state index in [1.54, 1.807) is 0 Å². The third-order valence-electron chi connectivity index (χ3n) is 3.51. The van der Waals surface area contributed by atoms with Gasteiger partial charge in [-0.15, -0.1) is 0 Å². The van der Waals surface area contributed by atoms with E-state index >= 15 is 0 Å². The second-order valence-electron chi connectivity index (χ2n) is 5.11. The van der Waals surface area contributed by atoms with Crippen molar-refractivity contribution in [3.05, 3.63) is 0 Å². The van der Waals surface area contributed by atoms with Gasteiger partial charge in [0.1, 0.15) is 0 Å². The Kier molecular flexibility index (Phi) is 4.58. The fraction of sp³-hybridized carbons (Fsp3) is 1.00.